The van der Waals surface area contributed by atoms with Gasteiger partial charge in [0.05, 0.1) is 11.4 Å². The van der Waals surface area contributed by atoms with Crippen molar-refractivity contribution in [1.82, 2.24) is 14.5 Å². The van der Waals surface area contributed by atoms with E-state index >= 15 is 0 Å². The number of benzene rings is 1. The lowest BCUT2D eigenvalue weighted by Gasteiger charge is -2.25. The fourth-order valence-corrected chi connectivity index (χ4v) is 5.15. The average molecular weight is 460 g/mol. The van der Waals surface area contributed by atoms with Gasteiger partial charge in [0.25, 0.3) is 5.56 Å². The molecule has 32 heavy (non-hydrogen) atoms. The van der Waals surface area contributed by atoms with Gasteiger partial charge in [-0.1, -0.05) is 25.3 Å². The SMILES string of the molecule is CC(C)n1c(=O)c(-c2ccc(NS(=O)(=O)CCC3CCC3)c(F)c2)cc2cnc(N)nc21. The minimum Gasteiger partial charge on any atom is -0.368 e. The zero-order chi connectivity index (χ0) is 23.0. The van der Waals surface area contributed by atoms with Gasteiger partial charge >= 0.3 is 0 Å². The van der Waals surface area contributed by atoms with Crippen molar-refractivity contribution in [3.8, 4) is 11.1 Å². The van der Waals surface area contributed by atoms with E-state index in [-0.39, 0.29) is 34.6 Å². The highest BCUT2D eigenvalue weighted by molar-refractivity contribution is 7.92. The summed E-state index contributed by atoms with van der Waals surface area (Å²) < 4.78 is 43.3. The summed E-state index contributed by atoms with van der Waals surface area (Å²) in [5, 5.41) is 0.587. The molecule has 4 rings (SSSR count). The number of nitrogens with two attached hydrogens (primary N) is 1. The predicted octanol–water partition coefficient (Wildman–Crippen LogP) is 3.69. The summed E-state index contributed by atoms with van der Waals surface area (Å²) >= 11 is 0. The lowest BCUT2D eigenvalue weighted by atomic mass is 9.84. The number of nitrogen functional groups attached to an aromatic ring is 1. The van der Waals surface area contributed by atoms with Gasteiger partial charge < -0.3 is 5.73 Å². The van der Waals surface area contributed by atoms with Crippen LogP contribution in [0.1, 0.15) is 45.6 Å². The van der Waals surface area contributed by atoms with Crippen LogP contribution >= 0.6 is 0 Å². The number of hydrogen-bond acceptors (Lipinski definition) is 6. The van der Waals surface area contributed by atoms with Gasteiger partial charge in [-0.2, -0.15) is 4.98 Å². The molecule has 2 heterocycles. The number of pyridine rings is 1. The molecule has 170 valence electrons. The molecule has 0 atom stereocenters. The molecule has 0 unspecified atom stereocenters. The first-order valence-electron chi connectivity index (χ1n) is 10.6. The first kappa shape index (κ1) is 22.2. The van der Waals surface area contributed by atoms with Gasteiger partial charge in [-0.05, 0) is 49.9 Å². The maximum atomic E-state index is 14.8. The number of halogens is 1. The van der Waals surface area contributed by atoms with E-state index in [9.17, 15) is 17.6 Å². The van der Waals surface area contributed by atoms with Gasteiger partial charge in [-0.25, -0.2) is 17.8 Å². The maximum absolute atomic E-state index is 14.8. The Morgan fingerprint density at radius 1 is 1.28 bits per heavy atom. The maximum Gasteiger partial charge on any atom is 0.260 e. The molecule has 2 aromatic heterocycles. The third kappa shape index (κ3) is 4.45. The summed E-state index contributed by atoms with van der Waals surface area (Å²) in [5.41, 5.74) is 6.19. The van der Waals surface area contributed by atoms with E-state index in [0.717, 1.165) is 25.3 Å². The normalized spacial score (nSPS) is 14.6. The molecule has 1 aliphatic rings. The molecule has 1 saturated carbocycles. The number of hydrogen-bond donors (Lipinski definition) is 2. The van der Waals surface area contributed by atoms with E-state index in [4.69, 9.17) is 5.73 Å². The van der Waals surface area contributed by atoms with E-state index < -0.39 is 15.8 Å². The lowest BCUT2D eigenvalue weighted by molar-refractivity contribution is 0.307. The quantitative estimate of drug-likeness (QED) is 0.556. The van der Waals surface area contributed by atoms with Crippen LogP contribution in [-0.2, 0) is 10.0 Å². The smallest absolute Gasteiger partial charge is 0.260 e. The molecule has 1 aromatic carbocycles. The second kappa shape index (κ2) is 8.50. The van der Waals surface area contributed by atoms with Crippen LogP contribution in [0.15, 0.2) is 35.3 Å². The largest absolute Gasteiger partial charge is 0.368 e. The molecule has 10 heteroatoms. The number of rotatable bonds is 7. The van der Waals surface area contributed by atoms with Gasteiger partial charge in [0.1, 0.15) is 11.5 Å². The highest BCUT2D eigenvalue weighted by Crippen LogP contribution is 2.30. The summed E-state index contributed by atoms with van der Waals surface area (Å²) in [6.07, 6.45) is 5.33. The van der Waals surface area contributed by atoms with Crippen LogP contribution in [0.4, 0.5) is 16.0 Å². The number of fused-ring (bicyclic) bond motifs is 1. The molecule has 8 nitrogen and oxygen atoms in total. The third-order valence-corrected chi connectivity index (χ3v) is 7.18. The predicted molar refractivity (Wildman–Crippen MR) is 123 cm³/mol. The second-order valence-electron chi connectivity index (χ2n) is 8.54. The molecule has 0 bridgehead atoms. The van der Waals surface area contributed by atoms with Crippen molar-refractivity contribution in [2.75, 3.05) is 16.2 Å². The Morgan fingerprint density at radius 3 is 2.66 bits per heavy atom. The third-order valence-electron chi connectivity index (χ3n) is 5.87. The van der Waals surface area contributed by atoms with Crippen molar-refractivity contribution >= 4 is 32.7 Å². The summed E-state index contributed by atoms with van der Waals surface area (Å²) in [6, 6.07) is 5.40. The van der Waals surface area contributed by atoms with Crippen LogP contribution < -0.4 is 16.0 Å². The molecule has 0 radical (unpaired) electrons. The molecule has 0 aliphatic heterocycles. The monoisotopic (exact) mass is 459 g/mol. The average Bonchev–Trinajstić information content (AvgIpc) is 2.67. The van der Waals surface area contributed by atoms with E-state index in [1.807, 2.05) is 13.8 Å². The Labute approximate surface area is 185 Å². The number of nitrogens with zero attached hydrogens (tertiary/aromatic N) is 3. The van der Waals surface area contributed by atoms with Gasteiger partial charge in [0.2, 0.25) is 16.0 Å². The minimum absolute atomic E-state index is 0.0360. The molecule has 0 saturated heterocycles. The van der Waals surface area contributed by atoms with Crippen LogP contribution in [0, 0.1) is 11.7 Å². The fraction of sp³-hybridized carbons (Fsp3) is 0.409. The van der Waals surface area contributed by atoms with E-state index in [0.29, 0.717) is 28.9 Å². The van der Waals surface area contributed by atoms with E-state index in [1.54, 1.807) is 6.07 Å². The summed E-state index contributed by atoms with van der Waals surface area (Å²) in [4.78, 5) is 21.3. The molecule has 0 amide bonds. The first-order valence-corrected chi connectivity index (χ1v) is 12.3. The molecular weight excluding hydrogens is 433 g/mol. The molecule has 3 aromatic rings. The summed E-state index contributed by atoms with van der Waals surface area (Å²) in [5.74, 6) is -0.293. The van der Waals surface area contributed by atoms with Crippen LogP contribution in [0.3, 0.4) is 0 Å². The topological polar surface area (TPSA) is 120 Å². The highest BCUT2D eigenvalue weighted by Gasteiger charge is 2.22. The Morgan fingerprint density at radius 2 is 2.03 bits per heavy atom. The Kier molecular flexibility index (Phi) is 5.89. The highest BCUT2D eigenvalue weighted by atomic mass is 32.2. The van der Waals surface area contributed by atoms with Crippen molar-refractivity contribution in [2.45, 2.75) is 45.6 Å². The van der Waals surface area contributed by atoms with Crippen molar-refractivity contribution in [3.63, 3.8) is 0 Å². The minimum atomic E-state index is -3.65. The van der Waals surface area contributed by atoms with Crippen molar-refractivity contribution in [1.29, 1.82) is 0 Å². The van der Waals surface area contributed by atoms with Gasteiger partial charge in [0.15, 0.2) is 0 Å². The van der Waals surface area contributed by atoms with Crippen molar-refractivity contribution in [3.05, 3.63) is 46.6 Å². The standard InChI is InChI=1S/C22H26FN5O3S/c1-13(2)28-20-16(12-25-22(24)26-20)10-17(21(28)29)15-6-7-19(18(23)11-15)27-32(30,31)9-8-14-4-3-5-14/h6-7,10-14,27H,3-5,8-9H2,1-2H3,(H2,24,25,26). The van der Waals surface area contributed by atoms with Crippen LogP contribution in [0.5, 0.6) is 0 Å². The number of sulfonamides is 1. The Balaban J connectivity index is 1.67. The molecule has 0 spiro atoms. The molecule has 1 aliphatic carbocycles. The van der Waals surface area contributed by atoms with Gasteiger partial charge in [-0.3, -0.25) is 14.1 Å². The van der Waals surface area contributed by atoms with E-state index in [2.05, 4.69) is 14.7 Å². The number of aromatic nitrogens is 3. The van der Waals surface area contributed by atoms with Crippen LogP contribution in [0.2, 0.25) is 0 Å². The molecule has 3 N–H and O–H groups in total. The fourth-order valence-electron chi connectivity index (χ4n) is 3.91. The van der Waals surface area contributed by atoms with Crippen molar-refractivity contribution < 1.29 is 12.8 Å². The van der Waals surface area contributed by atoms with Gasteiger partial charge in [0, 0.05) is 23.2 Å². The Bertz CT molecular complexity index is 1330. The van der Waals surface area contributed by atoms with Crippen molar-refractivity contribution in [2.24, 2.45) is 5.92 Å². The van der Waals surface area contributed by atoms with Crippen LogP contribution in [-0.4, -0.2) is 28.7 Å². The number of anilines is 2. The number of nitrogens with one attached hydrogen (secondary N) is 1. The summed E-state index contributed by atoms with van der Waals surface area (Å²) in [6.45, 7) is 3.68. The summed E-state index contributed by atoms with van der Waals surface area (Å²) in [7, 11) is -3.65. The molecular formula is C22H26FN5O3S. The van der Waals surface area contributed by atoms with Gasteiger partial charge in [-0.15, -0.1) is 0 Å². The zero-order valence-corrected chi connectivity index (χ0v) is 18.8. The molecule has 1 fully saturated rings. The van der Waals surface area contributed by atoms with E-state index in [1.165, 1.54) is 22.9 Å². The van der Waals surface area contributed by atoms with Crippen LogP contribution in [0.25, 0.3) is 22.2 Å². The zero-order valence-electron chi connectivity index (χ0n) is 18.0. The second-order valence-corrected chi connectivity index (χ2v) is 10.4. The lowest BCUT2D eigenvalue weighted by Crippen LogP contribution is -2.25. The first-order chi connectivity index (χ1) is 15.1. The Hall–Kier alpha value is -3.01.